The van der Waals surface area contributed by atoms with Crippen molar-refractivity contribution < 1.29 is 14.6 Å². The van der Waals surface area contributed by atoms with E-state index < -0.39 is 11.4 Å². The Bertz CT molecular complexity index is 380. The van der Waals surface area contributed by atoms with Crippen molar-refractivity contribution in [1.82, 2.24) is 0 Å². The molecule has 2 rings (SSSR count). The van der Waals surface area contributed by atoms with Crippen LogP contribution in [0.3, 0.4) is 0 Å². The number of aryl methyl sites for hydroxylation is 1. The van der Waals surface area contributed by atoms with Crippen LogP contribution in [0.5, 0.6) is 0 Å². The maximum Gasteiger partial charge on any atom is 0.312 e. The fourth-order valence-electron chi connectivity index (χ4n) is 2.52. The van der Waals surface area contributed by atoms with Gasteiger partial charge in [0.05, 0.1) is 12.0 Å². The lowest BCUT2D eigenvalue weighted by atomic mass is 9.82. The largest absolute Gasteiger partial charge is 0.481 e. The molecule has 1 aromatic rings. The number of benzene rings is 1. The Morgan fingerprint density at radius 3 is 2.67 bits per heavy atom. The number of hydrogen-bond donors (Lipinski definition) is 1. The van der Waals surface area contributed by atoms with Crippen molar-refractivity contribution in [2.24, 2.45) is 5.41 Å². The van der Waals surface area contributed by atoms with Gasteiger partial charge >= 0.3 is 5.97 Å². The van der Waals surface area contributed by atoms with Crippen LogP contribution in [-0.4, -0.2) is 24.3 Å². The number of rotatable bonds is 6. The van der Waals surface area contributed by atoms with E-state index in [0.29, 0.717) is 19.6 Å². The molecule has 0 aromatic heterocycles. The van der Waals surface area contributed by atoms with Crippen LogP contribution in [0.4, 0.5) is 0 Å². The van der Waals surface area contributed by atoms with Gasteiger partial charge in [-0.15, -0.1) is 0 Å². The highest BCUT2D eigenvalue weighted by atomic mass is 16.5. The van der Waals surface area contributed by atoms with Gasteiger partial charge in [0.1, 0.15) is 0 Å². The maximum absolute atomic E-state index is 11.3. The molecule has 1 aliphatic heterocycles. The standard InChI is InChI=1S/C15H20O3/c16-14(17)15(10-11-18-12-15)9-5-4-8-13-6-2-1-3-7-13/h1-3,6-7H,4-5,8-12H2,(H,16,17). The third-order valence-corrected chi connectivity index (χ3v) is 3.77. The zero-order valence-electron chi connectivity index (χ0n) is 10.6. The van der Waals surface area contributed by atoms with Crippen LogP contribution < -0.4 is 0 Å². The van der Waals surface area contributed by atoms with E-state index in [4.69, 9.17) is 4.74 Å². The second-order valence-corrected chi connectivity index (χ2v) is 5.08. The second kappa shape index (κ2) is 6.01. The van der Waals surface area contributed by atoms with Gasteiger partial charge in [0.2, 0.25) is 0 Å². The van der Waals surface area contributed by atoms with Crippen molar-refractivity contribution in [2.75, 3.05) is 13.2 Å². The van der Waals surface area contributed by atoms with E-state index in [0.717, 1.165) is 25.7 Å². The Morgan fingerprint density at radius 1 is 1.28 bits per heavy atom. The summed E-state index contributed by atoms with van der Waals surface area (Å²) in [4.78, 5) is 11.3. The Morgan fingerprint density at radius 2 is 2.06 bits per heavy atom. The van der Waals surface area contributed by atoms with Gasteiger partial charge in [-0.2, -0.15) is 0 Å². The molecule has 3 heteroatoms. The SMILES string of the molecule is O=C(O)C1(CCCCc2ccccc2)CCOC1. The van der Waals surface area contributed by atoms with E-state index in [9.17, 15) is 9.90 Å². The van der Waals surface area contributed by atoms with Crippen molar-refractivity contribution in [3.05, 3.63) is 35.9 Å². The second-order valence-electron chi connectivity index (χ2n) is 5.08. The summed E-state index contributed by atoms with van der Waals surface area (Å²) in [7, 11) is 0. The first-order valence-corrected chi connectivity index (χ1v) is 6.58. The van der Waals surface area contributed by atoms with Gasteiger partial charge < -0.3 is 9.84 Å². The maximum atomic E-state index is 11.3. The van der Waals surface area contributed by atoms with Crippen molar-refractivity contribution in [3.63, 3.8) is 0 Å². The first-order chi connectivity index (χ1) is 8.73. The lowest BCUT2D eigenvalue weighted by molar-refractivity contribution is -0.149. The van der Waals surface area contributed by atoms with E-state index in [-0.39, 0.29) is 0 Å². The van der Waals surface area contributed by atoms with Crippen LogP contribution in [0.1, 0.15) is 31.2 Å². The Labute approximate surface area is 108 Å². The van der Waals surface area contributed by atoms with E-state index in [2.05, 4.69) is 12.1 Å². The summed E-state index contributed by atoms with van der Waals surface area (Å²) in [6.07, 6.45) is 4.41. The molecule has 1 saturated heterocycles. The molecule has 1 aromatic carbocycles. The molecule has 1 unspecified atom stereocenters. The summed E-state index contributed by atoms with van der Waals surface area (Å²) in [5, 5.41) is 9.30. The molecular weight excluding hydrogens is 228 g/mol. The van der Waals surface area contributed by atoms with Crippen molar-refractivity contribution >= 4 is 5.97 Å². The van der Waals surface area contributed by atoms with Crippen LogP contribution in [0.2, 0.25) is 0 Å². The molecule has 1 heterocycles. The van der Waals surface area contributed by atoms with E-state index >= 15 is 0 Å². The van der Waals surface area contributed by atoms with Gasteiger partial charge in [-0.25, -0.2) is 0 Å². The zero-order valence-corrected chi connectivity index (χ0v) is 10.6. The number of aliphatic carboxylic acids is 1. The highest BCUT2D eigenvalue weighted by Crippen LogP contribution is 2.34. The highest BCUT2D eigenvalue weighted by Gasteiger charge is 2.41. The van der Waals surface area contributed by atoms with E-state index in [1.54, 1.807) is 0 Å². The predicted molar refractivity (Wildman–Crippen MR) is 69.5 cm³/mol. The average Bonchev–Trinajstić information content (AvgIpc) is 2.86. The summed E-state index contributed by atoms with van der Waals surface area (Å²) in [6.45, 7) is 0.971. The van der Waals surface area contributed by atoms with Gasteiger partial charge in [0.25, 0.3) is 0 Å². The van der Waals surface area contributed by atoms with Gasteiger partial charge in [0, 0.05) is 6.61 Å². The molecule has 0 aliphatic carbocycles. The molecule has 18 heavy (non-hydrogen) atoms. The summed E-state index contributed by atoms with van der Waals surface area (Å²) in [5.74, 6) is -0.695. The number of carboxylic acids is 1. The lowest BCUT2D eigenvalue weighted by Gasteiger charge is -2.21. The molecule has 0 radical (unpaired) electrons. The predicted octanol–water partition coefficient (Wildman–Crippen LogP) is 2.89. The number of hydrogen-bond acceptors (Lipinski definition) is 2. The number of unbranched alkanes of at least 4 members (excludes halogenated alkanes) is 1. The quantitative estimate of drug-likeness (QED) is 0.787. The van der Waals surface area contributed by atoms with Crippen molar-refractivity contribution in [3.8, 4) is 0 Å². The minimum atomic E-state index is -0.695. The molecule has 1 aliphatic rings. The van der Waals surface area contributed by atoms with Gasteiger partial charge in [-0.3, -0.25) is 4.79 Å². The fourth-order valence-corrected chi connectivity index (χ4v) is 2.52. The molecule has 1 fully saturated rings. The van der Waals surface area contributed by atoms with Crippen molar-refractivity contribution in [2.45, 2.75) is 32.1 Å². The normalized spacial score (nSPS) is 23.1. The molecule has 0 spiro atoms. The average molecular weight is 248 g/mol. The molecule has 98 valence electrons. The van der Waals surface area contributed by atoms with E-state index in [1.807, 2.05) is 18.2 Å². The summed E-state index contributed by atoms with van der Waals surface area (Å²) in [6, 6.07) is 10.3. The molecule has 0 saturated carbocycles. The summed E-state index contributed by atoms with van der Waals surface area (Å²) >= 11 is 0. The minimum absolute atomic E-state index is 0.383. The Kier molecular flexibility index (Phi) is 4.37. The number of ether oxygens (including phenoxy) is 1. The molecule has 1 atom stereocenters. The third-order valence-electron chi connectivity index (χ3n) is 3.77. The fraction of sp³-hybridized carbons (Fsp3) is 0.533. The molecule has 1 N–H and O–H groups in total. The van der Waals surface area contributed by atoms with Gasteiger partial charge in [-0.05, 0) is 31.2 Å². The van der Waals surface area contributed by atoms with Crippen LogP contribution >= 0.6 is 0 Å². The van der Waals surface area contributed by atoms with Crippen LogP contribution in [0.25, 0.3) is 0 Å². The van der Waals surface area contributed by atoms with Crippen LogP contribution in [-0.2, 0) is 16.0 Å². The lowest BCUT2D eigenvalue weighted by Crippen LogP contribution is -2.31. The van der Waals surface area contributed by atoms with Crippen molar-refractivity contribution in [1.29, 1.82) is 0 Å². The van der Waals surface area contributed by atoms with E-state index in [1.165, 1.54) is 5.56 Å². The number of carboxylic acid groups (broad SMARTS) is 1. The topological polar surface area (TPSA) is 46.5 Å². The first-order valence-electron chi connectivity index (χ1n) is 6.58. The Balaban J connectivity index is 1.76. The minimum Gasteiger partial charge on any atom is -0.481 e. The molecular formula is C15H20O3. The van der Waals surface area contributed by atoms with Gasteiger partial charge in [0.15, 0.2) is 0 Å². The number of carbonyl (C=O) groups is 1. The summed E-state index contributed by atoms with van der Waals surface area (Å²) in [5.41, 5.74) is 0.709. The highest BCUT2D eigenvalue weighted by molar-refractivity contribution is 5.75. The third kappa shape index (κ3) is 3.10. The summed E-state index contributed by atoms with van der Waals surface area (Å²) < 4.78 is 5.26. The monoisotopic (exact) mass is 248 g/mol. The zero-order chi connectivity index (χ0) is 12.8. The van der Waals surface area contributed by atoms with Crippen LogP contribution in [0, 0.1) is 5.41 Å². The smallest absolute Gasteiger partial charge is 0.312 e. The molecule has 3 nitrogen and oxygen atoms in total. The first kappa shape index (κ1) is 13.1. The molecule has 0 bridgehead atoms. The Hall–Kier alpha value is -1.35. The van der Waals surface area contributed by atoms with Crippen LogP contribution in [0.15, 0.2) is 30.3 Å². The van der Waals surface area contributed by atoms with Gasteiger partial charge in [-0.1, -0.05) is 36.8 Å². The molecule has 0 amide bonds.